The highest BCUT2D eigenvalue weighted by Crippen LogP contribution is 2.29. The Morgan fingerprint density at radius 3 is 1.21 bits per heavy atom. The molecule has 0 aromatic carbocycles. The van der Waals surface area contributed by atoms with Gasteiger partial charge >= 0.3 is 0 Å². The lowest BCUT2D eigenvalue weighted by atomic mass is 9.98. The van der Waals surface area contributed by atoms with Crippen molar-refractivity contribution in [1.29, 1.82) is 0 Å². The minimum Gasteiger partial charge on any atom is -0.394 e. The Balaban J connectivity index is 1.46. The Bertz CT molecular complexity index is 1530. The first-order valence-electron chi connectivity index (χ1n) is 31.8. The van der Waals surface area contributed by atoms with Gasteiger partial charge in [-0.15, -0.1) is 0 Å². The van der Waals surface area contributed by atoms with Crippen LogP contribution in [0.4, 0.5) is 0 Å². The topological polar surface area (TPSA) is 307 Å². The predicted molar refractivity (Wildman–Crippen MR) is 305 cm³/mol. The van der Waals surface area contributed by atoms with E-state index in [-0.39, 0.29) is 18.9 Å². The third-order valence-corrected chi connectivity index (χ3v) is 16.2. The standard InChI is InChI=1S/C61H115NO18/c1-4-5-6-7-8-9-10-11-12-13-14-15-16-17-18-19-23-26-29-32-35-38-49(65)62-44(45(64)37-34-31-28-25-22-20-21-24-27-30-33-36-43(2)3)40-75-59-57(73)54(70)51(67)47(79-59)42-77-61-58(74)55(71)52(68)48(80-61)41-76-60-56(72)53(69)50(66)46(39-63)78-60/h34,37,43-48,50-61,63-64,66-74H,4-33,35-36,38-42H2,1-3H3,(H,62,65)/b37-34+/t44-,45+,46+,47+,48+,50-,51-,52-,53-,54-,55-,56+,57+,58+,59+,60-,61-/m0/s1. The molecule has 0 saturated carbocycles. The van der Waals surface area contributed by atoms with E-state index in [1.54, 1.807) is 6.08 Å². The number of aliphatic hydroxyl groups is 11. The van der Waals surface area contributed by atoms with Crippen LogP contribution in [-0.4, -0.2) is 193 Å². The van der Waals surface area contributed by atoms with E-state index in [4.69, 9.17) is 28.4 Å². The van der Waals surface area contributed by atoms with Crippen molar-refractivity contribution in [2.45, 2.75) is 337 Å². The van der Waals surface area contributed by atoms with Gasteiger partial charge in [-0.3, -0.25) is 4.79 Å². The molecule has 80 heavy (non-hydrogen) atoms. The molecule has 3 aliphatic rings. The average Bonchev–Trinajstić information content (AvgIpc) is 3.44. The van der Waals surface area contributed by atoms with Crippen molar-refractivity contribution in [1.82, 2.24) is 5.32 Å². The molecular formula is C61H115NO18. The lowest BCUT2D eigenvalue weighted by Gasteiger charge is -2.44. The number of ether oxygens (including phenoxy) is 6. The minimum atomic E-state index is -1.85. The lowest BCUT2D eigenvalue weighted by molar-refractivity contribution is -0.342. The second-order valence-corrected chi connectivity index (χ2v) is 23.8. The number of carbonyl (C=O) groups excluding carboxylic acids is 1. The van der Waals surface area contributed by atoms with Gasteiger partial charge < -0.3 is 89.9 Å². The summed E-state index contributed by atoms with van der Waals surface area (Å²) in [6, 6.07) is -0.968. The van der Waals surface area contributed by atoms with Crippen LogP contribution in [0.5, 0.6) is 0 Å². The summed E-state index contributed by atoms with van der Waals surface area (Å²) in [5, 5.41) is 119. The first kappa shape index (κ1) is 72.8. The molecular weight excluding hydrogens is 1030 g/mol. The summed E-state index contributed by atoms with van der Waals surface area (Å²) in [6.07, 6.45) is 17.0. The molecule has 0 bridgehead atoms. The van der Waals surface area contributed by atoms with Gasteiger partial charge in [-0.2, -0.15) is 0 Å². The fourth-order valence-electron chi connectivity index (χ4n) is 10.8. The molecule has 3 saturated heterocycles. The molecule has 17 atom stereocenters. The Hall–Kier alpha value is -1.47. The van der Waals surface area contributed by atoms with E-state index in [1.807, 2.05) is 6.08 Å². The van der Waals surface area contributed by atoms with E-state index in [1.165, 1.54) is 154 Å². The largest absolute Gasteiger partial charge is 0.394 e. The maximum atomic E-state index is 13.3. The Kier molecular flexibility index (Phi) is 40.1. The van der Waals surface area contributed by atoms with Crippen LogP contribution in [0.25, 0.3) is 0 Å². The number of rotatable bonds is 47. The number of amides is 1. The summed E-state index contributed by atoms with van der Waals surface area (Å²) in [6.45, 7) is 4.53. The molecule has 0 spiro atoms. The summed E-state index contributed by atoms with van der Waals surface area (Å²) in [5.74, 6) is 0.489. The second-order valence-electron chi connectivity index (χ2n) is 23.8. The lowest BCUT2D eigenvalue weighted by Crippen LogP contribution is -2.63. The highest BCUT2D eigenvalue weighted by Gasteiger charge is 2.49. The number of hydrogen-bond acceptors (Lipinski definition) is 18. The summed E-state index contributed by atoms with van der Waals surface area (Å²) in [4.78, 5) is 13.3. The van der Waals surface area contributed by atoms with Gasteiger partial charge in [0.2, 0.25) is 5.91 Å². The third kappa shape index (κ3) is 29.1. The van der Waals surface area contributed by atoms with Crippen molar-refractivity contribution >= 4 is 5.91 Å². The zero-order valence-corrected chi connectivity index (χ0v) is 49.5. The molecule has 1 amide bonds. The van der Waals surface area contributed by atoms with Crippen molar-refractivity contribution in [3.05, 3.63) is 12.2 Å². The van der Waals surface area contributed by atoms with Gasteiger partial charge in [0.05, 0.1) is 38.6 Å². The average molecular weight is 1150 g/mol. The number of allylic oxidation sites excluding steroid dienone is 1. The molecule has 19 heteroatoms. The van der Waals surface area contributed by atoms with Crippen molar-refractivity contribution in [3.63, 3.8) is 0 Å². The van der Waals surface area contributed by atoms with E-state index in [9.17, 15) is 61.0 Å². The summed E-state index contributed by atoms with van der Waals surface area (Å²) >= 11 is 0. The van der Waals surface area contributed by atoms with E-state index >= 15 is 0 Å². The molecule has 0 aromatic rings. The Morgan fingerprint density at radius 1 is 0.463 bits per heavy atom. The first-order chi connectivity index (χ1) is 38.6. The fraction of sp³-hybridized carbons (Fsp3) is 0.951. The van der Waals surface area contributed by atoms with Crippen LogP contribution in [0.1, 0.15) is 233 Å². The van der Waals surface area contributed by atoms with Gasteiger partial charge in [0.25, 0.3) is 0 Å². The zero-order chi connectivity index (χ0) is 58.5. The Labute approximate surface area is 480 Å². The SMILES string of the molecule is CCCCCCCCCCCCCCCCCCCCCCCC(=O)N[C@@H](CO[C@@H]1O[C@H](CO[C@H]2O[C@H](CO[C@H]3O[C@H](CO)[C@H](O)[C@H](O)[C@H]3O)[C@H](O)[C@H](O)[C@H]2O)[C@H](O)[C@H](O)[C@H]1O)[C@H](O)/C=C/CCCCCCCCCCCC(C)C. The van der Waals surface area contributed by atoms with Gasteiger partial charge in [-0.1, -0.05) is 219 Å². The third-order valence-electron chi connectivity index (χ3n) is 16.2. The van der Waals surface area contributed by atoms with Crippen LogP contribution in [0.3, 0.4) is 0 Å². The molecule has 0 aliphatic carbocycles. The summed E-state index contributed by atoms with van der Waals surface area (Å²) in [7, 11) is 0. The number of carbonyl (C=O) groups is 1. The molecule has 3 fully saturated rings. The van der Waals surface area contributed by atoms with Crippen LogP contribution < -0.4 is 5.32 Å². The maximum Gasteiger partial charge on any atom is 0.220 e. The van der Waals surface area contributed by atoms with E-state index in [0.29, 0.717) is 6.42 Å². The normalized spacial score (nSPS) is 30.1. The van der Waals surface area contributed by atoms with Crippen LogP contribution >= 0.6 is 0 Å². The van der Waals surface area contributed by atoms with Gasteiger partial charge in [0.1, 0.15) is 73.2 Å². The molecule has 0 aromatic heterocycles. The van der Waals surface area contributed by atoms with Crippen molar-refractivity contribution in [2.24, 2.45) is 5.92 Å². The van der Waals surface area contributed by atoms with Crippen LogP contribution in [0.15, 0.2) is 12.2 Å². The number of aliphatic hydroxyl groups excluding tert-OH is 11. The fourth-order valence-corrected chi connectivity index (χ4v) is 10.8. The molecule has 12 N–H and O–H groups in total. The monoisotopic (exact) mass is 1150 g/mol. The van der Waals surface area contributed by atoms with Gasteiger partial charge in [-0.25, -0.2) is 0 Å². The smallest absolute Gasteiger partial charge is 0.220 e. The van der Waals surface area contributed by atoms with Crippen LogP contribution in [-0.2, 0) is 33.2 Å². The number of hydrogen-bond donors (Lipinski definition) is 12. The van der Waals surface area contributed by atoms with Crippen molar-refractivity contribution < 1.29 is 89.4 Å². The molecule has 3 rings (SSSR count). The predicted octanol–water partition coefficient (Wildman–Crippen LogP) is 6.40. The van der Waals surface area contributed by atoms with E-state index < -0.39 is 124 Å². The molecule has 3 aliphatic heterocycles. The molecule has 0 radical (unpaired) electrons. The van der Waals surface area contributed by atoms with E-state index in [0.717, 1.165) is 50.9 Å². The quantitative estimate of drug-likeness (QED) is 0.0232. The highest BCUT2D eigenvalue weighted by atomic mass is 16.7. The number of unbranched alkanes of at least 4 members (excludes halogenated alkanes) is 29. The first-order valence-corrected chi connectivity index (χ1v) is 31.8. The van der Waals surface area contributed by atoms with Crippen molar-refractivity contribution in [2.75, 3.05) is 26.4 Å². The van der Waals surface area contributed by atoms with Crippen LogP contribution in [0.2, 0.25) is 0 Å². The Morgan fingerprint density at radius 2 is 0.812 bits per heavy atom. The highest BCUT2D eigenvalue weighted by molar-refractivity contribution is 5.76. The molecule has 19 nitrogen and oxygen atoms in total. The van der Waals surface area contributed by atoms with Gasteiger partial charge in [-0.05, 0) is 25.2 Å². The van der Waals surface area contributed by atoms with E-state index in [2.05, 4.69) is 26.1 Å². The summed E-state index contributed by atoms with van der Waals surface area (Å²) < 4.78 is 34.0. The van der Waals surface area contributed by atoms with Crippen molar-refractivity contribution in [3.8, 4) is 0 Å². The zero-order valence-electron chi connectivity index (χ0n) is 49.5. The van der Waals surface area contributed by atoms with Gasteiger partial charge in [0.15, 0.2) is 18.9 Å². The van der Waals surface area contributed by atoms with Gasteiger partial charge in [0, 0.05) is 6.42 Å². The molecule has 0 unspecified atom stereocenters. The molecule has 3 heterocycles. The maximum absolute atomic E-state index is 13.3. The van der Waals surface area contributed by atoms with Crippen LogP contribution in [0, 0.1) is 5.92 Å². The summed E-state index contributed by atoms with van der Waals surface area (Å²) in [5.41, 5.74) is 0. The molecule has 472 valence electrons. The number of nitrogens with one attached hydrogen (secondary N) is 1. The minimum absolute atomic E-state index is 0.248. The second kappa shape index (κ2) is 44.0.